The van der Waals surface area contributed by atoms with Crippen molar-refractivity contribution in [3.8, 4) is 6.07 Å². The first-order valence-electron chi connectivity index (χ1n) is 7.36. The Bertz CT molecular complexity index is 507. The smallest absolute Gasteiger partial charge is 0.240 e. The third-order valence-electron chi connectivity index (χ3n) is 4.28. The van der Waals surface area contributed by atoms with Crippen molar-refractivity contribution in [2.24, 2.45) is 5.41 Å². The first-order chi connectivity index (χ1) is 9.57. The van der Waals surface area contributed by atoms with Crippen LogP contribution in [0.25, 0.3) is 0 Å². The first-order valence-corrected chi connectivity index (χ1v) is 7.36. The number of carbonyl (C=O) groups is 1. The van der Waals surface area contributed by atoms with Gasteiger partial charge in [0, 0.05) is 0 Å². The van der Waals surface area contributed by atoms with Gasteiger partial charge in [0.2, 0.25) is 5.91 Å². The molecule has 1 unspecified atom stereocenters. The van der Waals surface area contributed by atoms with Crippen LogP contribution in [-0.2, 0) is 4.79 Å². The van der Waals surface area contributed by atoms with Crippen LogP contribution in [0.3, 0.4) is 0 Å². The van der Waals surface area contributed by atoms with Crippen molar-refractivity contribution in [3.63, 3.8) is 0 Å². The summed E-state index contributed by atoms with van der Waals surface area (Å²) in [4.78, 5) is 12.5. The minimum atomic E-state index is -0.808. The van der Waals surface area contributed by atoms with E-state index in [4.69, 9.17) is 0 Å². The molecular formula is C17H22N2O. The van der Waals surface area contributed by atoms with Gasteiger partial charge in [0.1, 0.15) is 5.41 Å². The molecule has 1 fully saturated rings. The lowest BCUT2D eigenvalue weighted by atomic mass is 9.74. The van der Waals surface area contributed by atoms with E-state index < -0.39 is 5.41 Å². The number of carbonyl (C=O) groups excluding carboxylic acids is 1. The van der Waals surface area contributed by atoms with Crippen LogP contribution >= 0.6 is 0 Å². The fourth-order valence-electron chi connectivity index (χ4n) is 2.82. The van der Waals surface area contributed by atoms with Crippen LogP contribution in [-0.4, -0.2) is 5.91 Å². The van der Waals surface area contributed by atoms with Crippen molar-refractivity contribution in [2.75, 3.05) is 0 Å². The summed E-state index contributed by atoms with van der Waals surface area (Å²) in [7, 11) is 0. The number of benzene rings is 1. The molecular weight excluding hydrogens is 248 g/mol. The Labute approximate surface area is 121 Å². The molecule has 1 saturated carbocycles. The molecule has 106 valence electrons. The fourth-order valence-corrected chi connectivity index (χ4v) is 2.82. The highest BCUT2D eigenvalue weighted by Crippen LogP contribution is 2.36. The monoisotopic (exact) mass is 270 g/mol. The van der Waals surface area contributed by atoms with E-state index in [2.05, 4.69) is 11.4 Å². The van der Waals surface area contributed by atoms with Crippen LogP contribution < -0.4 is 5.32 Å². The van der Waals surface area contributed by atoms with Gasteiger partial charge in [-0.1, -0.05) is 49.1 Å². The average molecular weight is 270 g/mol. The maximum atomic E-state index is 12.5. The quantitative estimate of drug-likeness (QED) is 0.911. The average Bonchev–Trinajstić information content (AvgIpc) is 2.48. The van der Waals surface area contributed by atoms with Crippen molar-refractivity contribution in [1.29, 1.82) is 5.26 Å². The van der Waals surface area contributed by atoms with Crippen LogP contribution in [0, 0.1) is 23.7 Å². The molecule has 1 aliphatic carbocycles. The number of rotatable bonds is 3. The second kappa shape index (κ2) is 6.09. The predicted octanol–water partition coefficient (Wildman–Crippen LogP) is 3.65. The molecule has 0 saturated heterocycles. The molecule has 3 nitrogen and oxygen atoms in total. The minimum absolute atomic E-state index is 0.0600. The summed E-state index contributed by atoms with van der Waals surface area (Å²) in [6.45, 7) is 4.01. The van der Waals surface area contributed by atoms with Gasteiger partial charge in [0.05, 0.1) is 12.1 Å². The maximum absolute atomic E-state index is 12.5. The van der Waals surface area contributed by atoms with E-state index in [1.54, 1.807) is 0 Å². The van der Waals surface area contributed by atoms with E-state index in [1.165, 1.54) is 5.56 Å². The van der Waals surface area contributed by atoms with Crippen molar-refractivity contribution in [3.05, 3.63) is 35.4 Å². The summed E-state index contributed by atoms with van der Waals surface area (Å²) in [5, 5.41) is 12.4. The minimum Gasteiger partial charge on any atom is -0.348 e. The number of amides is 1. The molecule has 3 heteroatoms. The predicted molar refractivity (Wildman–Crippen MR) is 78.9 cm³/mol. The van der Waals surface area contributed by atoms with Gasteiger partial charge in [0.25, 0.3) is 0 Å². The highest BCUT2D eigenvalue weighted by atomic mass is 16.2. The van der Waals surface area contributed by atoms with Gasteiger partial charge in [-0.3, -0.25) is 4.79 Å². The van der Waals surface area contributed by atoms with Crippen molar-refractivity contribution >= 4 is 5.91 Å². The van der Waals surface area contributed by atoms with Crippen molar-refractivity contribution in [1.82, 2.24) is 5.32 Å². The van der Waals surface area contributed by atoms with Crippen LogP contribution in [0.4, 0.5) is 0 Å². The third-order valence-corrected chi connectivity index (χ3v) is 4.28. The number of hydrogen-bond acceptors (Lipinski definition) is 2. The van der Waals surface area contributed by atoms with Crippen molar-refractivity contribution < 1.29 is 4.79 Å². The topological polar surface area (TPSA) is 52.9 Å². The number of nitriles is 1. The summed E-state index contributed by atoms with van der Waals surface area (Å²) in [5.74, 6) is -0.104. The SMILES string of the molecule is Cc1ccc(C(C)NC(=O)C2(C#N)CCCCC2)cc1. The Hall–Kier alpha value is -1.82. The normalized spacial score (nSPS) is 18.9. The molecule has 1 N–H and O–H groups in total. The Morgan fingerprint density at radius 2 is 1.85 bits per heavy atom. The third kappa shape index (κ3) is 3.01. The summed E-state index contributed by atoms with van der Waals surface area (Å²) in [6, 6.07) is 10.3. The molecule has 0 heterocycles. The van der Waals surface area contributed by atoms with Crippen molar-refractivity contribution in [2.45, 2.75) is 52.0 Å². The van der Waals surface area contributed by atoms with Gasteiger partial charge in [-0.05, 0) is 32.3 Å². The van der Waals surface area contributed by atoms with Gasteiger partial charge >= 0.3 is 0 Å². The molecule has 0 bridgehead atoms. The van der Waals surface area contributed by atoms with Crippen LogP contribution in [0.2, 0.25) is 0 Å². The van der Waals surface area contributed by atoms with Gasteiger partial charge in [0.15, 0.2) is 0 Å². The van der Waals surface area contributed by atoms with Crippen LogP contribution in [0.1, 0.15) is 56.2 Å². The first kappa shape index (κ1) is 14.6. The molecule has 20 heavy (non-hydrogen) atoms. The van der Waals surface area contributed by atoms with Gasteiger partial charge in [-0.15, -0.1) is 0 Å². The summed E-state index contributed by atoms with van der Waals surface area (Å²) >= 11 is 0. The molecule has 1 aromatic carbocycles. The van der Waals surface area contributed by atoms with Gasteiger partial charge < -0.3 is 5.32 Å². The Morgan fingerprint density at radius 3 is 2.40 bits per heavy atom. The summed E-state index contributed by atoms with van der Waals surface area (Å²) in [6.07, 6.45) is 4.45. The Kier molecular flexibility index (Phi) is 4.44. The molecule has 0 radical (unpaired) electrons. The van der Waals surface area contributed by atoms with Crippen LogP contribution in [0.15, 0.2) is 24.3 Å². The molecule has 1 amide bonds. The summed E-state index contributed by atoms with van der Waals surface area (Å²) in [5.41, 5.74) is 1.47. The Balaban J connectivity index is 2.06. The zero-order valence-corrected chi connectivity index (χ0v) is 12.3. The van der Waals surface area contributed by atoms with E-state index in [0.717, 1.165) is 24.8 Å². The lowest BCUT2D eigenvalue weighted by Gasteiger charge is -2.30. The van der Waals surface area contributed by atoms with E-state index >= 15 is 0 Å². The lowest BCUT2D eigenvalue weighted by Crippen LogP contribution is -2.42. The molecule has 1 aromatic rings. The zero-order valence-electron chi connectivity index (χ0n) is 12.3. The highest BCUT2D eigenvalue weighted by molar-refractivity contribution is 5.85. The van der Waals surface area contributed by atoms with Crippen LogP contribution in [0.5, 0.6) is 0 Å². The maximum Gasteiger partial charge on any atom is 0.240 e. The number of nitrogens with zero attached hydrogens (tertiary/aromatic N) is 1. The van der Waals surface area contributed by atoms with E-state index in [0.29, 0.717) is 12.8 Å². The van der Waals surface area contributed by atoms with Gasteiger partial charge in [-0.2, -0.15) is 5.26 Å². The fraction of sp³-hybridized carbons (Fsp3) is 0.529. The number of aryl methyl sites for hydroxylation is 1. The molecule has 0 aromatic heterocycles. The molecule has 1 aliphatic rings. The van der Waals surface area contributed by atoms with Gasteiger partial charge in [-0.25, -0.2) is 0 Å². The van der Waals surface area contributed by atoms with E-state index in [9.17, 15) is 10.1 Å². The molecule has 0 spiro atoms. The molecule has 1 atom stereocenters. The second-order valence-corrected chi connectivity index (χ2v) is 5.86. The second-order valence-electron chi connectivity index (χ2n) is 5.86. The number of nitrogens with one attached hydrogen (secondary N) is 1. The highest BCUT2D eigenvalue weighted by Gasteiger charge is 2.40. The van der Waals surface area contributed by atoms with E-state index in [-0.39, 0.29) is 11.9 Å². The largest absolute Gasteiger partial charge is 0.348 e. The Morgan fingerprint density at radius 1 is 1.25 bits per heavy atom. The zero-order chi connectivity index (χ0) is 14.6. The molecule has 0 aliphatic heterocycles. The van der Waals surface area contributed by atoms with E-state index in [1.807, 2.05) is 38.1 Å². The lowest BCUT2D eigenvalue weighted by molar-refractivity contribution is -0.130. The standard InChI is InChI=1S/C17H22N2O/c1-13-6-8-15(9-7-13)14(2)19-16(20)17(12-18)10-4-3-5-11-17/h6-9,14H,3-5,10-11H2,1-2H3,(H,19,20). The molecule has 2 rings (SSSR count). The summed E-state index contributed by atoms with van der Waals surface area (Å²) < 4.78 is 0. The number of hydrogen-bond donors (Lipinski definition) is 1.